The minimum atomic E-state index is -0.229. The Morgan fingerprint density at radius 3 is 2.61 bits per heavy atom. The average Bonchev–Trinajstić information content (AvgIpc) is 3.23. The fraction of sp³-hybridized carbons (Fsp3) is 0.130. The maximum atomic E-state index is 12.5. The second-order valence-electron chi connectivity index (χ2n) is 7.25. The molecule has 0 bridgehead atoms. The van der Waals surface area contributed by atoms with Crippen LogP contribution in [-0.4, -0.2) is 32.2 Å². The van der Waals surface area contributed by atoms with Crippen molar-refractivity contribution in [3.8, 4) is 11.4 Å². The molecule has 0 unspecified atom stereocenters. The highest BCUT2D eigenvalue weighted by Crippen LogP contribution is 2.24. The largest absolute Gasteiger partial charge is 0.347 e. The third-order valence-corrected chi connectivity index (χ3v) is 5.44. The van der Waals surface area contributed by atoms with Gasteiger partial charge in [-0.25, -0.2) is 4.98 Å². The van der Waals surface area contributed by atoms with E-state index >= 15 is 0 Å². The topological polar surface area (TPSA) is 75.9 Å². The van der Waals surface area contributed by atoms with E-state index in [2.05, 4.69) is 30.0 Å². The van der Waals surface area contributed by atoms with Crippen molar-refractivity contribution >= 4 is 29.0 Å². The molecule has 1 amide bonds. The lowest BCUT2D eigenvalue weighted by molar-refractivity contribution is 0.102. The van der Waals surface area contributed by atoms with Gasteiger partial charge in [-0.1, -0.05) is 48.0 Å². The molecule has 0 aliphatic carbocycles. The SMILES string of the molecule is O=C(Nc1cccc(Cl)c1)c1ccc(N2CCn3c(nnc3-c3ccccc3)C2)nc1. The Morgan fingerprint density at radius 1 is 0.968 bits per heavy atom. The standard InChI is InChI=1S/C23H19ClN6O/c24-18-7-4-8-19(13-18)26-23(31)17-9-10-20(25-14-17)29-11-12-30-21(15-29)27-28-22(30)16-5-2-1-3-6-16/h1-10,13-14H,11-12,15H2,(H,26,31). The van der Waals surface area contributed by atoms with Gasteiger partial charge >= 0.3 is 0 Å². The molecular formula is C23H19ClN6O. The van der Waals surface area contributed by atoms with E-state index in [0.717, 1.165) is 36.1 Å². The second-order valence-corrected chi connectivity index (χ2v) is 7.69. The Hall–Kier alpha value is -3.71. The molecular weight excluding hydrogens is 412 g/mol. The van der Waals surface area contributed by atoms with E-state index in [-0.39, 0.29) is 5.91 Å². The summed E-state index contributed by atoms with van der Waals surface area (Å²) in [6, 6.07) is 20.7. The van der Waals surface area contributed by atoms with Crippen LogP contribution in [0, 0.1) is 0 Å². The van der Waals surface area contributed by atoms with Crippen LogP contribution in [0.4, 0.5) is 11.5 Å². The van der Waals surface area contributed by atoms with Crippen molar-refractivity contribution in [1.82, 2.24) is 19.7 Å². The average molecular weight is 431 g/mol. The molecule has 154 valence electrons. The predicted octanol–water partition coefficient (Wildman–Crippen LogP) is 4.27. The number of pyridine rings is 1. The highest BCUT2D eigenvalue weighted by atomic mass is 35.5. The number of hydrogen-bond acceptors (Lipinski definition) is 5. The first-order chi connectivity index (χ1) is 15.2. The zero-order valence-electron chi connectivity index (χ0n) is 16.6. The van der Waals surface area contributed by atoms with Gasteiger partial charge in [-0.05, 0) is 30.3 Å². The Bertz CT molecular complexity index is 1220. The summed E-state index contributed by atoms with van der Waals surface area (Å²) < 4.78 is 2.15. The van der Waals surface area contributed by atoms with Gasteiger partial charge in [0.05, 0.1) is 12.1 Å². The molecule has 7 nitrogen and oxygen atoms in total. The molecule has 2 aromatic heterocycles. The third-order valence-electron chi connectivity index (χ3n) is 5.20. The lowest BCUT2D eigenvalue weighted by atomic mass is 10.2. The highest BCUT2D eigenvalue weighted by molar-refractivity contribution is 6.30. The summed E-state index contributed by atoms with van der Waals surface area (Å²) in [5.74, 6) is 2.35. The van der Waals surface area contributed by atoms with E-state index in [0.29, 0.717) is 22.8 Å². The molecule has 0 spiro atoms. The van der Waals surface area contributed by atoms with Gasteiger partial charge in [0, 0.05) is 35.6 Å². The lowest BCUT2D eigenvalue weighted by Crippen LogP contribution is -2.34. The van der Waals surface area contributed by atoms with Crippen LogP contribution in [0.15, 0.2) is 72.9 Å². The van der Waals surface area contributed by atoms with Crippen LogP contribution in [0.3, 0.4) is 0 Å². The number of benzene rings is 2. The molecule has 2 aromatic carbocycles. The summed E-state index contributed by atoms with van der Waals surface area (Å²) in [7, 11) is 0. The molecule has 8 heteroatoms. The minimum Gasteiger partial charge on any atom is -0.347 e. The van der Waals surface area contributed by atoms with Crippen molar-refractivity contribution in [3.05, 3.63) is 89.3 Å². The van der Waals surface area contributed by atoms with Gasteiger partial charge in [-0.15, -0.1) is 10.2 Å². The van der Waals surface area contributed by atoms with Gasteiger partial charge in [0.25, 0.3) is 5.91 Å². The van der Waals surface area contributed by atoms with E-state index in [1.54, 1.807) is 36.5 Å². The van der Waals surface area contributed by atoms with Crippen LogP contribution in [0.5, 0.6) is 0 Å². The number of carbonyl (C=O) groups excluding carboxylic acids is 1. The van der Waals surface area contributed by atoms with Gasteiger partial charge in [-0.2, -0.15) is 0 Å². The maximum Gasteiger partial charge on any atom is 0.257 e. The number of carbonyl (C=O) groups is 1. The molecule has 4 aromatic rings. The Kier molecular flexibility index (Phi) is 5.09. The van der Waals surface area contributed by atoms with Crippen LogP contribution >= 0.6 is 11.6 Å². The second kappa shape index (κ2) is 8.20. The van der Waals surface area contributed by atoms with Crippen molar-refractivity contribution < 1.29 is 4.79 Å². The Morgan fingerprint density at radius 2 is 1.84 bits per heavy atom. The molecule has 0 saturated carbocycles. The fourth-order valence-electron chi connectivity index (χ4n) is 3.63. The zero-order valence-corrected chi connectivity index (χ0v) is 17.3. The smallest absolute Gasteiger partial charge is 0.257 e. The van der Waals surface area contributed by atoms with E-state index in [4.69, 9.17) is 11.6 Å². The molecule has 31 heavy (non-hydrogen) atoms. The van der Waals surface area contributed by atoms with E-state index in [1.807, 2.05) is 36.4 Å². The molecule has 0 fully saturated rings. The van der Waals surface area contributed by atoms with Gasteiger partial charge in [-0.3, -0.25) is 4.79 Å². The van der Waals surface area contributed by atoms with Crippen LogP contribution in [0.25, 0.3) is 11.4 Å². The quantitative estimate of drug-likeness (QED) is 0.523. The first kappa shape index (κ1) is 19.3. The van der Waals surface area contributed by atoms with E-state index in [9.17, 15) is 4.79 Å². The maximum absolute atomic E-state index is 12.5. The molecule has 3 heterocycles. The fourth-order valence-corrected chi connectivity index (χ4v) is 3.82. The first-order valence-electron chi connectivity index (χ1n) is 9.93. The summed E-state index contributed by atoms with van der Waals surface area (Å²) in [5.41, 5.74) is 2.18. The van der Waals surface area contributed by atoms with Crippen molar-refractivity contribution in [2.45, 2.75) is 13.1 Å². The number of rotatable bonds is 4. The molecule has 0 radical (unpaired) electrons. The van der Waals surface area contributed by atoms with Crippen molar-refractivity contribution in [3.63, 3.8) is 0 Å². The van der Waals surface area contributed by atoms with Gasteiger partial charge < -0.3 is 14.8 Å². The van der Waals surface area contributed by atoms with Crippen LogP contribution in [-0.2, 0) is 13.1 Å². The minimum absolute atomic E-state index is 0.229. The monoisotopic (exact) mass is 430 g/mol. The number of nitrogens with one attached hydrogen (secondary N) is 1. The van der Waals surface area contributed by atoms with Crippen molar-refractivity contribution in [2.75, 3.05) is 16.8 Å². The molecule has 5 rings (SSSR count). The third kappa shape index (κ3) is 4.00. The van der Waals surface area contributed by atoms with Crippen molar-refractivity contribution in [1.29, 1.82) is 0 Å². The van der Waals surface area contributed by atoms with Crippen molar-refractivity contribution in [2.24, 2.45) is 0 Å². The molecule has 0 atom stereocenters. The molecule has 1 N–H and O–H groups in total. The summed E-state index contributed by atoms with van der Waals surface area (Å²) in [6.07, 6.45) is 1.59. The number of amides is 1. The summed E-state index contributed by atoms with van der Waals surface area (Å²) in [6.45, 7) is 2.16. The zero-order chi connectivity index (χ0) is 21.2. The van der Waals surface area contributed by atoms with E-state index < -0.39 is 0 Å². The molecule has 0 saturated heterocycles. The predicted molar refractivity (Wildman–Crippen MR) is 120 cm³/mol. The number of halogens is 1. The van der Waals surface area contributed by atoms with Crippen LogP contribution in [0.1, 0.15) is 16.2 Å². The van der Waals surface area contributed by atoms with Gasteiger partial charge in [0.1, 0.15) is 5.82 Å². The molecule has 1 aliphatic heterocycles. The van der Waals surface area contributed by atoms with E-state index in [1.165, 1.54) is 0 Å². The van der Waals surface area contributed by atoms with Crippen LogP contribution < -0.4 is 10.2 Å². The Balaban J connectivity index is 1.29. The first-order valence-corrected chi connectivity index (χ1v) is 10.3. The lowest BCUT2D eigenvalue weighted by Gasteiger charge is -2.28. The van der Waals surface area contributed by atoms with Gasteiger partial charge in [0.15, 0.2) is 11.6 Å². The normalized spacial score (nSPS) is 13.0. The number of fused-ring (bicyclic) bond motifs is 1. The summed E-state index contributed by atoms with van der Waals surface area (Å²) in [4.78, 5) is 19.1. The van der Waals surface area contributed by atoms with Crippen LogP contribution in [0.2, 0.25) is 5.02 Å². The summed E-state index contributed by atoms with van der Waals surface area (Å²) in [5, 5.41) is 12.2. The number of nitrogens with zero attached hydrogens (tertiary/aromatic N) is 5. The number of anilines is 2. The number of hydrogen-bond donors (Lipinski definition) is 1. The van der Waals surface area contributed by atoms with Gasteiger partial charge in [0.2, 0.25) is 0 Å². The Labute approximate surface area is 184 Å². The summed E-state index contributed by atoms with van der Waals surface area (Å²) >= 11 is 5.97. The highest BCUT2D eigenvalue weighted by Gasteiger charge is 2.22. The molecule has 1 aliphatic rings. The number of aromatic nitrogens is 4.